The van der Waals surface area contributed by atoms with Crippen LogP contribution >= 0.6 is 0 Å². The van der Waals surface area contributed by atoms with Crippen LogP contribution in [-0.2, 0) is 15.4 Å². The number of nitrogens with one attached hydrogen (secondary N) is 1. The van der Waals surface area contributed by atoms with Crippen LogP contribution in [0.2, 0.25) is 0 Å². The second-order valence-corrected chi connectivity index (χ2v) is 10.9. The van der Waals surface area contributed by atoms with E-state index in [4.69, 9.17) is 0 Å². The maximum Gasteiger partial charge on any atom is 0.264 e. The van der Waals surface area contributed by atoms with E-state index < -0.39 is 15.4 Å². The third-order valence-electron chi connectivity index (χ3n) is 6.83. The Bertz CT molecular complexity index is 1270. The zero-order valence-corrected chi connectivity index (χ0v) is 18.6. The maximum atomic E-state index is 14.1. The molecule has 2 aliphatic rings. The van der Waals surface area contributed by atoms with Gasteiger partial charge in [-0.3, -0.25) is 4.31 Å². The Morgan fingerprint density at radius 3 is 2.48 bits per heavy atom. The molecule has 0 radical (unpaired) electrons. The molecule has 2 atom stereocenters. The van der Waals surface area contributed by atoms with Crippen molar-refractivity contribution in [3.63, 3.8) is 0 Å². The summed E-state index contributed by atoms with van der Waals surface area (Å²) in [6, 6.07) is 19.4. The van der Waals surface area contributed by atoms with Crippen molar-refractivity contribution in [2.45, 2.75) is 37.1 Å². The Morgan fingerprint density at radius 1 is 1.03 bits per heavy atom. The topological polar surface area (TPSA) is 49.4 Å². The second-order valence-electron chi connectivity index (χ2n) is 9.05. The van der Waals surface area contributed by atoms with Gasteiger partial charge in [0.25, 0.3) is 10.0 Å². The first-order chi connectivity index (χ1) is 14.7. The number of benzene rings is 3. The molecule has 6 heteroatoms. The van der Waals surface area contributed by atoms with E-state index in [1.54, 1.807) is 24.3 Å². The highest BCUT2D eigenvalue weighted by molar-refractivity contribution is 7.92. The van der Waals surface area contributed by atoms with E-state index in [1.165, 1.54) is 10.4 Å². The predicted octanol–water partition coefficient (Wildman–Crippen LogP) is 5.40. The van der Waals surface area contributed by atoms with Gasteiger partial charge in [0.1, 0.15) is 5.82 Å². The Hall–Kier alpha value is -2.86. The van der Waals surface area contributed by atoms with Crippen LogP contribution < -0.4 is 9.62 Å². The van der Waals surface area contributed by atoms with Crippen molar-refractivity contribution in [1.82, 2.24) is 0 Å². The van der Waals surface area contributed by atoms with E-state index in [2.05, 4.69) is 19.2 Å². The molecular formula is C25H25FN2O2S. The molecule has 0 saturated carbocycles. The molecule has 0 amide bonds. The number of aryl methyl sites for hydroxylation is 1. The summed E-state index contributed by atoms with van der Waals surface area (Å²) in [5.74, 6) is -0.357. The molecule has 0 unspecified atom stereocenters. The first-order valence-electron chi connectivity index (χ1n) is 10.4. The fourth-order valence-electron chi connectivity index (χ4n) is 5.01. The second kappa shape index (κ2) is 6.82. The number of rotatable bonds is 2. The van der Waals surface area contributed by atoms with Crippen LogP contribution in [0.5, 0.6) is 0 Å². The molecular weight excluding hydrogens is 411 g/mol. The van der Waals surface area contributed by atoms with Crippen LogP contribution in [0.4, 0.5) is 15.8 Å². The zero-order valence-electron chi connectivity index (χ0n) is 17.8. The summed E-state index contributed by atoms with van der Waals surface area (Å²) in [5.41, 5.74) is 3.99. The third-order valence-corrected chi connectivity index (χ3v) is 8.62. The van der Waals surface area contributed by atoms with Gasteiger partial charge in [-0.2, -0.15) is 0 Å². The van der Waals surface area contributed by atoms with E-state index >= 15 is 0 Å². The van der Waals surface area contributed by atoms with Gasteiger partial charge >= 0.3 is 0 Å². The molecule has 0 saturated heterocycles. The lowest BCUT2D eigenvalue weighted by Crippen LogP contribution is -2.52. The van der Waals surface area contributed by atoms with Gasteiger partial charge in [0.05, 0.1) is 16.6 Å². The highest BCUT2D eigenvalue weighted by Gasteiger charge is 2.49. The van der Waals surface area contributed by atoms with Gasteiger partial charge in [-0.15, -0.1) is 0 Å². The van der Waals surface area contributed by atoms with E-state index in [9.17, 15) is 12.8 Å². The molecule has 3 aromatic rings. The number of hydrogen-bond acceptors (Lipinski definition) is 3. The van der Waals surface area contributed by atoms with E-state index in [0.29, 0.717) is 12.2 Å². The largest absolute Gasteiger partial charge is 0.378 e. The lowest BCUT2D eigenvalue weighted by atomic mass is 9.64. The van der Waals surface area contributed by atoms with Crippen LogP contribution in [0.1, 0.15) is 36.6 Å². The third kappa shape index (κ3) is 3.04. The quantitative estimate of drug-likeness (QED) is 0.585. The van der Waals surface area contributed by atoms with Crippen molar-refractivity contribution >= 4 is 21.4 Å². The number of para-hydroxylation sites is 1. The van der Waals surface area contributed by atoms with Crippen LogP contribution in [0.25, 0.3) is 0 Å². The normalized spacial score (nSPS) is 21.5. The minimum Gasteiger partial charge on any atom is -0.378 e. The minimum atomic E-state index is -3.75. The summed E-state index contributed by atoms with van der Waals surface area (Å²) in [6.45, 7) is 6.40. The van der Waals surface area contributed by atoms with Crippen molar-refractivity contribution in [1.29, 1.82) is 0 Å². The Labute approximate surface area is 182 Å². The molecule has 0 aromatic heterocycles. The number of fused-ring (bicyclic) bond motifs is 4. The number of sulfonamides is 1. The molecule has 0 bridgehead atoms. The minimum absolute atomic E-state index is 0.0615. The van der Waals surface area contributed by atoms with Crippen LogP contribution in [0.3, 0.4) is 0 Å². The van der Waals surface area contributed by atoms with Gasteiger partial charge in [0.15, 0.2) is 0 Å². The van der Waals surface area contributed by atoms with E-state index in [1.807, 2.05) is 43.3 Å². The fourth-order valence-corrected chi connectivity index (χ4v) is 6.52. The van der Waals surface area contributed by atoms with Gasteiger partial charge in [0, 0.05) is 18.2 Å². The average Bonchev–Trinajstić information content (AvgIpc) is 2.74. The molecule has 4 nitrogen and oxygen atoms in total. The lowest BCUT2D eigenvalue weighted by Gasteiger charge is -2.51. The lowest BCUT2D eigenvalue weighted by molar-refractivity contribution is 0.268. The summed E-state index contributed by atoms with van der Waals surface area (Å²) in [7, 11) is -3.75. The number of nitrogens with zero attached hydrogens (tertiary/aromatic N) is 1. The summed E-state index contributed by atoms with van der Waals surface area (Å²) >= 11 is 0. The molecule has 2 aliphatic heterocycles. The first kappa shape index (κ1) is 20.1. The number of hydrogen-bond donors (Lipinski definition) is 1. The van der Waals surface area contributed by atoms with Crippen molar-refractivity contribution in [3.8, 4) is 0 Å². The maximum absolute atomic E-state index is 14.1. The summed E-state index contributed by atoms with van der Waals surface area (Å²) < 4.78 is 43.0. The van der Waals surface area contributed by atoms with Crippen LogP contribution in [-0.4, -0.2) is 15.0 Å². The Kier molecular flexibility index (Phi) is 4.42. The summed E-state index contributed by atoms with van der Waals surface area (Å²) in [6.07, 6.45) is 0. The number of halogens is 1. The zero-order chi connectivity index (χ0) is 22.0. The Morgan fingerprint density at radius 2 is 1.74 bits per heavy atom. The average molecular weight is 437 g/mol. The molecule has 3 aromatic carbocycles. The molecule has 2 heterocycles. The fraction of sp³-hybridized carbons (Fsp3) is 0.280. The first-order valence-corrected chi connectivity index (χ1v) is 11.9. The SMILES string of the molecule is Cc1ccc(S(=O)(=O)N2C[C@@H]3[C@@H](Nc4ccc(F)cc4C3(C)C)c3ccccc32)cc1. The van der Waals surface area contributed by atoms with Gasteiger partial charge in [0.2, 0.25) is 0 Å². The standard InChI is InChI=1S/C25H25FN2O2S/c1-16-8-11-18(12-9-16)31(29,30)28-15-21-24(19-6-4-5-7-23(19)28)27-22-13-10-17(26)14-20(22)25(21,2)3/h4-14,21,24,27H,15H2,1-3H3/t21-,24+/m1/s1. The van der Waals surface area contributed by atoms with Crippen LogP contribution in [0, 0.1) is 18.7 Å². The Balaban J connectivity index is 1.67. The molecule has 1 N–H and O–H groups in total. The highest BCUT2D eigenvalue weighted by atomic mass is 32.2. The van der Waals surface area contributed by atoms with Crippen molar-refractivity contribution in [2.75, 3.05) is 16.2 Å². The van der Waals surface area contributed by atoms with E-state index in [0.717, 1.165) is 22.4 Å². The molecule has 0 spiro atoms. The monoisotopic (exact) mass is 436 g/mol. The highest BCUT2D eigenvalue weighted by Crippen LogP contribution is 2.53. The van der Waals surface area contributed by atoms with Crippen molar-refractivity contribution in [3.05, 3.63) is 89.2 Å². The number of anilines is 2. The molecule has 31 heavy (non-hydrogen) atoms. The van der Waals surface area contributed by atoms with Gasteiger partial charge in [-0.05, 0) is 59.9 Å². The van der Waals surface area contributed by atoms with Crippen molar-refractivity contribution < 1.29 is 12.8 Å². The smallest absolute Gasteiger partial charge is 0.264 e. The summed E-state index contributed by atoms with van der Waals surface area (Å²) in [4.78, 5) is 0.277. The molecule has 0 aliphatic carbocycles. The molecule has 5 rings (SSSR count). The van der Waals surface area contributed by atoms with Gasteiger partial charge in [-0.25, -0.2) is 12.8 Å². The van der Waals surface area contributed by atoms with Crippen molar-refractivity contribution in [2.24, 2.45) is 5.92 Å². The summed E-state index contributed by atoms with van der Waals surface area (Å²) in [5, 5.41) is 3.57. The molecule has 160 valence electrons. The van der Waals surface area contributed by atoms with Gasteiger partial charge in [-0.1, -0.05) is 49.7 Å². The predicted molar refractivity (Wildman–Crippen MR) is 121 cm³/mol. The molecule has 0 fully saturated rings. The van der Waals surface area contributed by atoms with Gasteiger partial charge < -0.3 is 5.32 Å². The van der Waals surface area contributed by atoms with Crippen LogP contribution in [0.15, 0.2) is 71.6 Å². The van der Waals surface area contributed by atoms with E-state index in [-0.39, 0.29) is 22.7 Å².